The molecule has 1 aromatic rings. The molecule has 0 N–H and O–H groups in total. The minimum atomic E-state index is 0.265. The molecule has 168 valence electrons. The van der Waals surface area contributed by atoms with Gasteiger partial charge in [-0.05, 0) is 109 Å². The fourth-order valence-electron chi connectivity index (χ4n) is 8.89. The van der Waals surface area contributed by atoms with Crippen molar-refractivity contribution < 1.29 is 9.57 Å². The summed E-state index contributed by atoms with van der Waals surface area (Å²) in [6.45, 7) is 6.12. The van der Waals surface area contributed by atoms with E-state index in [0.717, 1.165) is 41.7 Å². The number of ether oxygens (including phenoxy) is 1. The largest absolute Gasteiger partial charge is 0.497 e. The van der Waals surface area contributed by atoms with Crippen LogP contribution in [-0.2, 0) is 4.84 Å². The van der Waals surface area contributed by atoms with Crippen molar-refractivity contribution in [2.75, 3.05) is 18.7 Å². The normalized spacial score (nSPS) is 43.9. The van der Waals surface area contributed by atoms with E-state index in [-0.39, 0.29) is 6.10 Å². The molecule has 3 heteroatoms. The van der Waals surface area contributed by atoms with Crippen molar-refractivity contribution in [3.05, 3.63) is 35.9 Å². The smallest absolute Gasteiger partial charge is 0.119 e. The quantitative estimate of drug-likeness (QED) is 0.491. The second kappa shape index (κ2) is 7.27. The lowest BCUT2D eigenvalue weighted by Crippen LogP contribution is -2.52. The van der Waals surface area contributed by atoms with Crippen LogP contribution in [0.1, 0.15) is 71.6 Å². The molecule has 1 aromatic carbocycles. The van der Waals surface area contributed by atoms with Crippen LogP contribution in [0.2, 0.25) is 0 Å². The van der Waals surface area contributed by atoms with Crippen molar-refractivity contribution in [3.63, 3.8) is 0 Å². The van der Waals surface area contributed by atoms with Crippen LogP contribution in [0, 0.1) is 34.5 Å². The van der Waals surface area contributed by atoms with Crippen molar-refractivity contribution in [3.8, 4) is 5.75 Å². The molecule has 1 unspecified atom stereocenters. The van der Waals surface area contributed by atoms with Crippen LogP contribution < -0.4 is 9.80 Å². The number of nitrogens with zero attached hydrogens (tertiary/aromatic N) is 1. The molecule has 0 saturated heterocycles. The van der Waals surface area contributed by atoms with Crippen molar-refractivity contribution in [1.82, 2.24) is 0 Å². The first kappa shape index (κ1) is 20.1. The van der Waals surface area contributed by atoms with E-state index in [1.807, 2.05) is 12.1 Å². The lowest BCUT2D eigenvalue weighted by Gasteiger charge is -2.60. The number of methoxy groups -OCH3 is 1. The van der Waals surface area contributed by atoms with Gasteiger partial charge in [0.25, 0.3) is 0 Å². The van der Waals surface area contributed by atoms with E-state index in [9.17, 15) is 0 Å². The maximum absolute atomic E-state index is 6.66. The first-order valence-corrected chi connectivity index (χ1v) is 12.8. The van der Waals surface area contributed by atoms with Gasteiger partial charge in [-0.15, -0.1) is 0 Å². The van der Waals surface area contributed by atoms with Gasteiger partial charge in [-0.25, -0.2) is 5.06 Å². The molecule has 4 saturated carbocycles. The van der Waals surface area contributed by atoms with E-state index < -0.39 is 0 Å². The minimum Gasteiger partial charge on any atom is -0.497 e. The Morgan fingerprint density at radius 3 is 2.61 bits per heavy atom. The minimum absolute atomic E-state index is 0.265. The average molecular weight is 422 g/mol. The highest BCUT2D eigenvalue weighted by molar-refractivity contribution is 5.49. The van der Waals surface area contributed by atoms with E-state index in [1.54, 1.807) is 12.7 Å². The van der Waals surface area contributed by atoms with Crippen LogP contribution in [0.4, 0.5) is 5.69 Å². The van der Waals surface area contributed by atoms with Gasteiger partial charge < -0.3 is 4.74 Å². The Kier molecular flexibility index (Phi) is 4.72. The Morgan fingerprint density at radius 1 is 0.968 bits per heavy atom. The highest BCUT2D eigenvalue weighted by Crippen LogP contribution is 2.67. The van der Waals surface area contributed by atoms with Crippen LogP contribution >= 0.6 is 0 Å². The van der Waals surface area contributed by atoms with Crippen LogP contribution in [0.5, 0.6) is 5.75 Å². The number of benzene rings is 1. The molecule has 1 aliphatic heterocycles. The topological polar surface area (TPSA) is 21.7 Å². The summed E-state index contributed by atoms with van der Waals surface area (Å²) < 4.78 is 5.33. The second-order valence-electron chi connectivity index (χ2n) is 11.6. The number of hydrogen-bond donors (Lipinski definition) is 0. The predicted octanol–water partition coefficient (Wildman–Crippen LogP) is 6.78. The van der Waals surface area contributed by atoms with Gasteiger partial charge in [0, 0.05) is 0 Å². The van der Waals surface area contributed by atoms with Gasteiger partial charge in [0.05, 0.1) is 19.3 Å². The molecule has 4 aliphatic carbocycles. The van der Waals surface area contributed by atoms with E-state index in [4.69, 9.17) is 9.57 Å². The van der Waals surface area contributed by atoms with Gasteiger partial charge in [-0.1, -0.05) is 32.8 Å². The molecule has 0 bridgehead atoms. The summed E-state index contributed by atoms with van der Waals surface area (Å²) in [5.74, 6) is 4.55. The Bertz CT molecular complexity index is 862. The van der Waals surface area contributed by atoms with Gasteiger partial charge in [-0.3, -0.25) is 4.84 Å². The molecule has 6 rings (SSSR count). The summed E-state index contributed by atoms with van der Waals surface area (Å²) >= 11 is 0. The predicted molar refractivity (Wildman–Crippen MR) is 125 cm³/mol. The summed E-state index contributed by atoms with van der Waals surface area (Å²) in [5, 5.41) is 2.10. The van der Waals surface area contributed by atoms with Gasteiger partial charge >= 0.3 is 0 Å². The van der Waals surface area contributed by atoms with E-state index in [1.165, 1.54) is 57.8 Å². The third kappa shape index (κ3) is 2.95. The van der Waals surface area contributed by atoms with E-state index >= 15 is 0 Å². The van der Waals surface area contributed by atoms with E-state index in [2.05, 4.69) is 37.1 Å². The van der Waals surface area contributed by atoms with Crippen LogP contribution in [-0.4, -0.2) is 19.8 Å². The molecule has 1 heterocycles. The molecule has 4 fully saturated rings. The highest BCUT2D eigenvalue weighted by atomic mass is 16.7. The van der Waals surface area contributed by atoms with Crippen LogP contribution in [0.3, 0.4) is 0 Å². The molecule has 7 atom stereocenters. The second-order valence-corrected chi connectivity index (χ2v) is 11.6. The van der Waals surface area contributed by atoms with Gasteiger partial charge in [0.1, 0.15) is 11.9 Å². The summed E-state index contributed by atoms with van der Waals surface area (Å²) in [4.78, 5) is 6.66. The first-order valence-electron chi connectivity index (χ1n) is 12.8. The molecular weight excluding hydrogens is 382 g/mol. The monoisotopic (exact) mass is 421 g/mol. The molecule has 31 heavy (non-hydrogen) atoms. The number of anilines is 1. The van der Waals surface area contributed by atoms with Crippen molar-refractivity contribution >= 4 is 5.69 Å². The Balaban J connectivity index is 1.25. The molecular formula is C28H39NO2. The SMILES string of the molecule is COc1ccc(N2CC=C3[C@H](C[C@H]4[C@@H]5CCC6CCCC[C@]6(C)[C@H]5CC[C@]34C)O2)cc1. The highest BCUT2D eigenvalue weighted by Gasteiger charge is 2.61. The van der Waals surface area contributed by atoms with Crippen molar-refractivity contribution in [2.45, 2.75) is 77.7 Å². The zero-order chi connectivity index (χ0) is 21.2. The first-order chi connectivity index (χ1) is 15.0. The molecule has 0 aromatic heterocycles. The number of fused-ring (bicyclic) bond motifs is 7. The van der Waals surface area contributed by atoms with Crippen molar-refractivity contribution in [2.24, 2.45) is 34.5 Å². The number of hydrogen-bond acceptors (Lipinski definition) is 3. The van der Waals surface area contributed by atoms with Gasteiger partial charge in [-0.2, -0.15) is 0 Å². The Hall–Kier alpha value is -1.48. The number of rotatable bonds is 2. The van der Waals surface area contributed by atoms with Gasteiger partial charge in [0.15, 0.2) is 0 Å². The molecule has 5 aliphatic rings. The standard InChI is InChI=1S/C28H39NO2/c1-27-15-5-4-6-19(27)7-12-22-23(27)13-16-28(2)24-14-17-29(31-26(24)18-25(22)28)20-8-10-21(30-3)11-9-20/h8-11,14,19,22-23,25-26H,4-7,12-13,15-18H2,1-3H3/t19?,22-,23+,25+,26+,27+,28-/m1/s1. The zero-order valence-electron chi connectivity index (χ0n) is 19.6. The molecule has 3 nitrogen and oxygen atoms in total. The molecule has 0 amide bonds. The van der Waals surface area contributed by atoms with Crippen LogP contribution in [0.15, 0.2) is 35.9 Å². The third-order valence-electron chi connectivity index (χ3n) is 10.5. The number of hydroxylamine groups is 1. The summed E-state index contributed by atoms with van der Waals surface area (Å²) in [5.41, 5.74) is 3.72. The lowest BCUT2D eigenvalue weighted by molar-refractivity contribution is -0.0981. The maximum atomic E-state index is 6.66. The molecule has 0 radical (unpaired) electrons. The van der Waals surface area contributed by atoms with Crippen LogP contribution in [0.25, 0.3) is 0 Å². The zero-order valence-corrected chi connectivity index (χ0v) is 19.6. The fourth-order valence-corrected chi connectivity index (χ4v) is 8.89. The van der Waals surface area contributed by atoms with Gasteiger partial charge in [0.2, 0.25) is 0 Å². The summed E-state index contributed by atoms with van der Waals surface area (Å²) in [6.07, 6.45) is 15.7. The fraction of sp³-hybridized carbons (Fsp3) is 0.714. The summed E-state index contributed by atoms with van der Waals surface area (Å²) in [6, 6.07) is 8.29. The average Bonchev–Trinajstić information content (AvgIpc) is 3.10. The Morgan fingerprint density at radius 2 is 1.81 bits per heavy atom. The maximum Gasteiger partial charge on any atom is 0.119 e. The Labute approximate surface area is 188 Å². The lowest BCUT2D eigenvalue weighted by atomic mass is 9.45. The molecule has 0 spiro atoms. The van der Waals surface area contributed by atoms with E-state index in [0.29, 0.717) is 10.8 Å². The van der Waals surface area contributed by atoms with Crippen molar-refractivity contribution in [1.29, 1.82) is 0 Å². The third-order valence-corrected chi connectivity index (χ3v) is 10.5. The summed E-state index contributed by atoms with van der Waals surface area (Å²) in [7, 11) is 1.72.